The maximum atomic E-state index is 13.2. The lowest BCUT2D eigenvalue weighted by Crippen LogP contribution is -2.55. The number of carbonyl (C=O) groups excluding carboxylic acids is 2. The minimum absolute atomic E-state index is 0.0407. The molecule has 6 atom stereocenters. The highest BCUT2D eigenvalue weighted by molar-refractivity contribution is 5.83. The van der Waals surface area contributed by atoms with Crippen LogP contribution in [-0.4, -0.2) is 47.9 Å². The Balaban J connectivity index is 1.56. The number of esters is 1. The molecule has 1 heterocycles. The monoisotopic (exact) mass is 569 g/mol. The Bertz CT molecular complexity index is 962. The van der Waals surface area contributed by atoms with Crippen molar-refractivity contribution in [1.29, 1.82) is 0 Å². The molecule has 0 aromatic rings. The molecule has 4 aliphatic rings. The molecule has 1 saturated heterocycles. The standard InChI is InChI=1S/C35H59N3O3/c1-8-29(38-22-27-31(32(38)24(4)39)35(27,7)10-3)33(34(6)20-16-13-17-21-34)37-25(5)36-28(23-41-30(40)9-2)26-18-14-11-12-15-19-26/h8,26-28,31-33,36-37H,5,9-23H2,1-4,6-7H3/b29-8-/t27-,28?,31-,32?,33?,35?/m0/s1. The van der Waals surface area contributed by atoms with Crippen molar-refractivity contribution < 1.29 is 14.3 Å². The van der Waals surface area contributed by atoms with Crippen LogP contribution in [0.5, 0.6) is 0 Å². The van der Waals surface area contributed by atoms with Gasteiger partial charge in [-0.25, -0.2) is 0 Å². The lowest BCUT2D eigenvalue weighted by atomic mass is 9.69. The summed E-state index contributed by atoms with van der Waals surface area (Å²) in [6.07, 6.45) is 17.2. The van der Waals surface area contributed by atoms with E-state index in [-0.39, 0.29) is 34.9 Å². The van der Waals surface area contributed by atoms with E-state index in [1.54, 1.807) is 6.92 Å². The number of Topliss-reactive ketones (excluding diaryl/α,β-unsaturated/α-hetero) is 1. The molecule has 0 aromatic carbocycles. The minimum Gasteiger partial charge on any atom is -0.463 e. The van der Waals surface area contributed by atoms with Crippen molar-refractivity contribution in [2.45, 2.75) is 143 Å². The molecule has 1 aliphatic heterocycles. The third kappa shape index (κ3) is 6.82. The number of likely N-dealkylation sites (tertiary alicyclic amines) is 1. The largest absolute Gasteiger partial charge is 0.463 e. The molecule has 6 nitrogen and oxygen atoms in total. The van der Waals surface area contributed by atoms with E-state index in [4.69, 9.17) is 4.74 Å². The maximum Gasteiger partial charge on any atom is 0.305 e. The summed E-state index contributed by atoms with van der Waals surface area (Å²) in [6, 6.07) is 0.0706. The van der Waals surface area contributed by atoms with Crippen LogP contribution in [0, 0.1) is 28.6 Å². The van der Waals surface area contributed by atoms with Crippen LogP contribution in [0.4, 0.5) is 0 Å². The van der Waals surface area contributed by atoms with Gasteiger partial charge in [0, 0.05) is 18.7 Å². The first-order valence-electron chi connectivity index (χ1n) is 16.9. The van der Waals surface area contributed by atoms with Crippen molar-refractivity contribution in [1.82, 2.24) is 15.5 Å². The topological polar surface area (TPSA) is 70.7 Å². The first-order chi connectivity index (χ1) is 19.6. The molecule has 41 heavy (non-hydrogen) atoms. The summed E-state index contributed by atoms with van der Waals surface area (Å²) in [5, 5.41) is 7.63. The van der Waals surface area contributed by atoms with Crippen molar-refractivity contribution in [2.75, 3.05) is 13.2 Å². The quantitative estimate of drug-likeness (QED) is 0.182. The molecule has 3 aliphatic carbocycles. The van der Waals surface area contributed by atoms with E-state index in [9.17, 15) is 9.59 Å². The van der Waals surface area contributed by atoms with E-state index >= 15 is 0 Å². The Labute approximate surface area is 250 Å². The highest BCUT2D eigenvalue weighted by Gasteiger charge is 2.69. The van der Waals surface area contributed by atoms with E-state index in [2.05, 4.69) is 55.9 Å². The van der Waals surface area contributed by atoms with Crippen molar-refractivity contribution in [3.8, 4) is 0 Å². The van der Waals surface area contributed by atoms with Crippen LogP contribution in [-0.2, 0) is 14.3 Å². The minimum atomic E-state index is -0.144. The summed E-state index contributed by atoms with van der Waals surface area (Å²) in [6.45, 7) is 18.7. The highest BCUT2D eigenvalue weighted by Crippen LogP contribution is 2.67. The summed E-state index contributed by atoms with van der Waals surface area (Å²) in [4.78, 5) is 27.7. The van der Waals surface area contributed by atoms with E-state index in [1.807, 2.05) is 6.92 Å². The van der Waals surface area contributed by atoms with Gasteiger partial charge in [0.25, 0.3) is 0 Å². The zero-order chi connectivity index (χ0) is 29.8. The normalized spacial score (nSPS) is 31.4. The summed E-state index contributed by atoms with van der Waals surface area (Å²) in [5.74, 6) is 2.47. The van der Waals surface area contributed by atoms with Gasteiger partial charge >= 0.3 is 5.97 Å². The summed E-state index contributed by atoms with van der Waals surface area (Å²) in [5.41, 5.74) is 1.61. The first-order valence-corrected chi connectivity index (χ1v) is 16.9. The third-order valence-electron chi connectivity index (χ3n) is 11.7. The van der Waals surface area contributed by atoms with Crippen molar-refractivity contribution in [2.24, 2.45) is 28.6 Å². The summed E-state index contributed by atoms with van der Waals surface area (Å²) in [7, 11) is 0. The van der Waals surface area contributed by atoms with Gasteiger partial charge in [0.2, 0.25) is 0 Å². The van der Waals surface area contributed by atoms with Crippen LogP contribution in [0.3, 0.4) is 0 Å². The van der Waals surface area contributed by atoms with Crippen molar-refractivity contribution in [3.63, 3.8) is 0 Å². The molecule has 232 valence electrons. The van der Waals surface area contributed by atoms with Gasteiger partial charge < -0.3 is 20.3 Å². The Hall–Kier alpha value is -1.98. The lowest BCUT2D eigenvalue weighted by Gasteiger charge is -2.47. The van der Waals surface area contributed by atoms with Crippen LogP contribution in [0.25, 0.3) is 0 Å². The Morgan fingerprint density at radius 2 is 1.66 bits per heavy atom. The number of piperidine rings is 1. The fourth-order valence-corrected chi connectivity index (χ4v) is 8.84. The average molecular weight is 570 g/mol. The van der Waals surface area contributed by atoms with Crippen LogP contribution >= 0.6 is 0 Å². The van der Waals surface area contributed by atoms with Gasteiger partial charge in [0.1, 0.15) is 6.61 Å². The number of fused-ring (bicyclic) bond motifs is 1. The van der Waals surface area contributed by atoms with E-state index < -0.39 is 0 Å². The number of ether oxygens (including phenoxy) is 1. The molecule has 4 fully saturated rings. The Morgan fingerprint density at radius 1 is 1.02 bits per heavy atom. The van der Waals surface area contributed by atoms with Crippen LogP contribution in [0.1, 0.15) is 125 Å². The van der Waals surface area contributed by atoms with Gasteiger partial charge in [-0.1, -0.05) is 91.7 Å². The van der Waals surface area contributed by atoms with Crippen LogP contribution in [0.2, 0.25) is 0 Å². The van der Waals surface area contributed by atoms with E-state index in [1.165, 1.54) is 50.6 Å². The summed E-state index contributed by atoms with van der Waals surface area (Å²) < 4.78 is 5.70. The lowest BCUT2D eigenvalue weighted by molar-refractivity contribution is -0.144. The van der Waals surface area contributed by atoms with Crippen LogP contribution in [0.15, 0.2) is 24.2 Å². The number of hydrogen-bond acceptors (Lipinski definition) is 6. The molecule has 0 bridgehead atoms. The molecule has 3 saturated carbocycles. The third-order valence-corrected chi connectivity index (χ3v) is 11.7. The fraction of sp³-hybridized carbons (Fsp3) is 0.829. The number of rotatable bonds is 13. The number of carbonyl (C=O) groups is 2. The van der Waals surface area contributed by atoms with Crippen LogP contribution < -0.4 is 10.6 Å². The molecular formula is C35H59N3O3. The fourth-order valence-electron chi connectivity index (χ4n) is 8.84. The van der Waals surface area contributed by atoms with Gasteiger partial charge in [0.05, 0.1) is 23.9 Å². The number of ketones is 1. The number of nitrogens with one attached hydrogen (secondary N) is 2. The molecule has 6 heteroatoms. The first kappa shape index (κ1) is 31.9. The van der Waals surface area contributed by atoms with Crippen molar-refractivity contribution >= 4 is 11.8 Å². The van der Waals surface area contributed by atoms with E-state index in [0.717, 1.165) is 44.5 Å². The molecule has 0 aromatic heterocycles. The number of allylic oxidation sites excluding steroid dienone is 1. The number of hydrogen-bond donors (Lipinski definition) is 2. The second-order valence-electron chi connectivity index (χ2n) is 14.2. The van der Waals surface area contributed by atoms with Crippen molar-refractivity contribution in [3.05, 3.63) is 24.2 Å². The second-order valence-corrected chi connectivity index (χ2v) is 14.2. The molecule has 4 rings (SSSR count). The Kier molecular flexibility index (Phi) is 10.6. The highest BCUT2D eigenvalue weighted by atomic mass is 16.5. The Morgan fingerprint density at radius 3 is 2.22 bits per heavy atom. The predicted molar refractivity (Wildman–Crippen MR) is 167 cm³/mol. The van der Waals surface area contributed by atoms with Gasteiger partial charge in [-0.05, 0) is 68.1 Å². The van der Waals surface area contributed by atoms with Gasteiger partial charge in [-0.2, -0.15) is 0 Å². The van der Waals surface area contributed by atoms with Gasteiger partial charge in [-0.15, -0.1) is 0 Å². The summed E-state index contributed by atoms with van der Waals surface area (Å²) >= 11 is 0. The smallest absolute Gasteiger partial charge is 0.305 e. The molecular weight excluding hydrogens is 510 g/mol. The van der Waals surface area contributed by atoms with Gasteiger partial charge in [-0.3, -0.25) is 9.59 Å². The number of nitrogens with zero attached hydrogens (tertiary/aromatic N) is 1. The molecule has 0 radical (unpaired) electrons. The van der Waals surface area contributed by atoms with E-state index in [0.29, 0.717) is 36.6 Å². The average Bonchev–Trinajstić information content (AvgIpc) is 3.45. The second kappa shape index (κ2) is 13.5. The molecule has 2 N–H and O–H groups in total. The maximum absolute atomic E-state index is 13.2. The molecule has 0 spiro atoms. The molecule has 4 unspecified atom stereocenters. The SMILES string of the molecule is C=C(NC(COC(=O)CC)C1CCCCCC1)NC(/C(=C/C)N1C[C@H]2[C@@H](C1C(C)=O)C2(C)CC)C1(C)CCCCC1. The molecule has 0 amide bonds. The zero-order valence-electron chi connectivity index (χ0n) is 27.0. The zero-order valence-corrected chi connectivity index (χ0v) is 27.0. The predicted octanol–water partition coefficient (Wildman–Crippen LogP) is 7.11. The van der Waals surface area contributed by atoms with Gasteiger partial charge in [0.15, 0.2) is 5.78 Å².